The molecule has 1 aliphatic rings. The second-order valence-electron chi connectivity index (χ2n) is 6.91. The minimum absolute atomic E-state index is 0.263. The van der Waals surface area contributed by atoms with E-state index in [0.717, 1.165) is 6.54 Å². The molecule has 0 aliphatic carbocycles. The van der Waals surface area contributed by atoms with Crippen LogP contribution in [-0.4, -0.2) is 54.5 Å². The van der Waals surface area contributed by atoms with Gasteiger partial charge < -0.3 is 10.2 Å². The standard InChI is InChI=1S/C18H24N4O3/c1-13-7-14(2)16(10-22-12-19-11-20-22)8-15(13)9-21-5-3-18(25,4-6-21)17(23)24/h7-8,11-12,25H,3-6,9-10H2,1-2H3,(H,23,24). The first-order valence-corrected chi connectivity index (χ1v) is 8.47. The summed E-state index contributed by atoms with van der Waals surface area (Å²) >= 11 is 0. The smallest absolute Gasteiger partial charge is 0.335 e. The number of carboxylic acids is 1. The molecule has 0 unspecified atom stereocenters. The Kier molecular flexibility index (Phi) is 4.87. The lowest BCUT2D eigenvalue weighted by Crippen LogP contribution is -2.49. The molecule has 7 heteroatoms. The van der Waals surface area contributed by atoms with E-state index in [1.807, 2.05) is 0 Å². The van der Waals surface area contributed by atoms with Crippen molar-refractivity contribution in [3.63, 3.8) is 0 Å². The molecule has 1 saturated heterocycles. The maximum absolute atomic E-state index is 11.1. The van der Waals surface area contributed by atoms with Crippen LogP contribution in [0.5, 0.6) is 0 Å². The van der Waals surface area contributed by atoms with Gasteiger partial charge >= 0.3 is 5.97 Å². The molecular weight excluding hydrogens is 320 g/mol. The minimum atomic E-state index is -1.57. The molecule has 0 bridgehead atoms. The van der Waals surface area contributed by atoms with Crippen molar-refractivity contribution in [2.24, 2.45) is 0 Å². The number of rotatable bonds is 5. The van der Waals surface area contributed by atoms with Crippen LogP contribution in [-0.2, 0) is 17.9 Å². The van der Waals surface area contributed by atoms with Crippen LogP contribution < -0.4 is 0 Å². The molecule has 0 radical (unpaired) electrons. The number of likely N-dealkylation sites (tertiary alicyclic amines) is 1. The molecule has 0 amide bonds. The van der Waals surface area contributed by atoms with Crippen molar-refractivity contribution in [2.75, 3.05) is 13.1 Å². The van der Waals surface area contributed by atoms with Crippen LogP contribution in [0.2, 0.25) is 0 Å². The van der Waals surface area contributed by atoms with Crippen LogP contribution >= 0.6 is 0 Å². The molecular formula is C18H24N4O3. The Hall–Kier alpha value is -2.25. The van der Waals surface area contributed by atoms with Crippen molar-refractivity contribution >= 4 is 5.97 Å². The van der Waals surface area contributed by atoms with Crippen molar-refractivity contribution in [3.8, 4) is 0 Å². The van der Waals surface area contributed by atoms with Gasteiger partial charge in [-0.15, -0.1) is 0 Å². The van der Waals surface area contributed by atoms with Crippen molar-refractivity contribution in [1.82, 2.24) is 19.7 Å². The summed E-state index contributed by atoms with van der Waals surface area (Å²) in [5.74, 6) is -1.12. The number of aryl methyl sites for hydroxylation is 2. The first-order valence-electron chi connectivity index (χ1n) is 8.47. The summed E-state index contributed by atoms with van der Waals surface area (Å²) in [4.78, 5) is 17.3. The van der Waals surface area contributed by atoms with Gasteiger partial charge in [0.1, 0.15) is 12.7 Å². The van der Waals surface area contributed by atoms with E-state index >= 15 is 0 Å². The Morgan fingerprint density at radius 3 is 2.36 bits per heavy atom. The highest BCUT2D eigenvalue weighted by molar-refractivity contribution is 5.77. The zero-order valence-corrected chi connectivity index (χ0v) is 14.6. The highest BCUT2D eigenvalue weighted by Crippen LogP contribution is 2.25. The highest BCUT2D eigenvalue weighted by atomic mass is 16.4. The van der Waals surface area contributed by atoms with Gasteiger partial charge in [-0.1, -0.05) is 12.1 Å². The van der Waals surface area contributed by atoms with Crippen LogP contribution in [0.1, 0.15) is 35.1 Å². The van der Waals surface area contributed by atoms with Gasteiger partial charge in [0, 0.05) is 19.6 Å². The SMILES string of the molecule is Cc1cc(C)c(Cn2cncn2)cc1CN1CCC(O)(C(=O)O)CC1. The molecule has 0 saturated carbocycles. The van der Waals surface area contributed by atoms with E-state index in [1.54, 1.807) is 11.0 Å². The summed E-state index contributed by atoms with van der Waals surface area (Å²) < 4.78 is 1.80. The van der Waals surface area contributed by atoms with Crippen LogP contribution in [0.3, 0.4) is 0 Å². The lowest BCUT2D eigenvalue weighted by atomic mass is 9.91. The number of piperidine rings is 1. The largest absolute Gasteiger partial charge is 0.479 e. The van der Waals surface area contributed by atoms with Gasteiger partial charge in [-0.2, -0.15) is 5.10 Å². The van der Waals surface area contributed by atoms with E-state index in [0.29, 0.717) is 19.6 Å². The van der Waals surface area contributed by atoms with Crippen molar-refractivity contribution < 1.29 is 15.0 Å². The predicted octanol–water partition coefficient (Wildman–Crippen LogP) is 1.35. The van der Waals surface area contributed by atoms with Gasteiger partial charge in [0.25, 0.3) is 0 Å². The maximum Gasteiger partial charge on any atom is 0.335 e. The van der Waals surface area contributed by atoms with Gasteiger partial charge in [-0.05, 0) is 48.9 Å². The fraction of sp³-hybridized carbons (Fsp3) is 0.500. The lowest BCUT2D eigenvalue weighted by Gasteiger charge is -2.35. The molecule has 2 heterocycles. The third kappa shape index (κ3) is 3.88. The fourth-order valence-corrected chi connectivity index (χ4v) is 3.31. The molecule has 1 aromatic carbocycles. The monoisotopic (exact) mass is 344 g/mol. The summed E-state index contributed by atoms with van der Waals surface area (Å²) in [6.07, 6.45) is 3.76. The second-order valence-corrected chi connectivity index (χ2v) is 6.91. The fourth-order valence-electron chi connectivity index (χ4n) is 3.31. The highest BCUT2D eigenvalue weighted by Gasteiger charge is 2.39. The zero-order valence-electron chi connectivity index (χ0n) is 14.6. The third-order valence-corrected chi connectivity index (χ3v) is 5.07. The van der Waals surface area contributed by atoms with Crippen LogP contribution in [0.15, 0.2) is 24.8 Å². The molecule has 2 aromatic rings. The van der Waals surface area contributed by atoms with E-state index in [1.165, 1.54) is 28.6 Å². The number of hydrogen-bond acceptors (Lipinski definition) is 5. The van der Waals surface area contributed by atoms with Crippen molar-refractivity contribution in [1.29, 1.82) is 0 Å². The molecule has 25 heavy (non-hydrogen) atoms. The van der Waals surface area contributed by atoms with Gasteiger partial charge in [-0.25, -0.2) is 14.5 Å². The topological polar surface area (TPSA) is 91.5 Å². The van der Waals surface area contributed by atoms with Crippen molar-refractivity contribution in [2.45, 2.75) is 45.4 Å². The summed E-state index contributed by atoms with van der Waals surface area (Å²) in [5, 5.41) is 23.4. The summed E-state index contributed by atoms with van der Waals surface area (Å²) in [7, 11) is 0. The Balaban J connectivity index is 1.71. The van der Waals surface area contributed by atoms with E-state index in [4.69, 9.17) is 5.11 Å². The Morgan fingerprint density at radius 2 is 1.80 bits per heavy atom. The quantitative estimate of drug-likeness (QED) is 0.851. The Morgan fingerprint density at radius 1 is 1.16 bits per heavy atom. The summed E-state index contributed by atoms with van der Waals surface area (Å²) in [5.41, 5.74) is 3.29. The van der Waals surface area contributed by atoms with E-state index in [2.05, 4.69) is 41.0 Å². The molecule has 7 nitrogen and oxygen atoms in total. The van der Waals surface area contributed by atoms with E-state index in [-0.39, 0.29) is 12.8 Å². The average Bonchev–Trinajstić information content (AvgIpc) is 3.07. The molecule has 1 aromatic heterocycles. The van der Waals surface area contributed by atoms with Crippen LogP contribution in [0, 0.1) is 13.8 Å². The van der Waals surface area contributed by atoms with Gasteiger partial charge in [0.15, 0.2) is 5.60 Å². The van der Waals surface area contributed by atoms with E-state index < -0.39 is 11.6 Å². The normalized spacial score (nSPS) is 17.6. The predicted molar refractivity (Wildman–Crippen MR) is 92.1 cm³/mol. The number of carboxylic acid groups (broad SMARTS) is 1. The Bertz CT molecular complexity index is 750. The number of hydrogen-bond donors (Lipinski definition) is 2. The first kappa shape index (κ1) is 17.6. The maximum atomic E-state index is 11.1. The van der Waals surface area contributed by atoms with Gasteiger partial charge in [0.2, 0.25) is 0 Å². The molecule has 3 rings (SSSR count). The third-order valence-electron chi connectivity index (χ3n) is 5.07. The number of aliphatic carboxylic acids is 1. The lowest BCUT2D eigenvalue weighted by molar-refractivity contribution is -0.163. The molecule has 0 spiro atoms. The number of nitrogens with zero attached hydrogens (tertiary/aromatic N) is 4. The van der Waals surface area contributed by atoms with E-state index in [9.17, 15) is 9.90 Å². The molecule has 2 N–H and O–H groups in total. The number of benzene rings is 1. The van der Waals surface area contributed by atoms with Gasteiger partial charge in [-0.3, -0.25) is 4.90 Å². The van der Waals surface area contributed by atoms with Crippen LogP contribution in [0.4, 0.5) is 0 Å². The molecule has 1 aliphatic heterocycles. The molecule has 134 valence electrons. The molecule has 0 atom stereocenters. The van der Waals surface area contributed by atoms with Crippen molar-refractivity contribution in [3.05, 3.63) is 47.0 Å². The summed E-state index contributed by atoms with van der Waals surface area (Å²) in [6, 6.07) is 4.38. The number of aromatic nitrogens is 3. The number of aliphatic hydroxyl groups is 1. The number of carbonyl (C=O) groups is 1. The summed E-state index contributed by atoms with van der Waals surface area (Å²) in [6.45, 7) is 6.78. The minimum Gasteiger partial charge on any atom is -0.479 e. The first-order chi connectivity index (χ1) is 11.9. The second kappa shape index (κ2) is 6.93. The van der Waals surface area contributed by atoms with Crippen LogP contribution in [0.25, 0.3) is 0 Å². The molecule has 1 fully saturated rings. The zero-order chi connectivity index (χ0) is 18.0. The average molecular weight is 344 g/mol. The Labute approximate surface area is 146 Å². The van der Waals surface area contributed by atoms with Gasteiger partial charge in [0.05, 0.1) is 6.54 Å².